The van der Waals surface area contributed by atoms with Gasteiger partial charge in [-0.3, -0.25) is 14.7 Å². The van der Waals surface area contributed by atoms with Gasteiger partial charge in [-0.05, 0) is 29.8 Å². The van der Waals surface area contributed by atoms with E-state index in [1.54, 1.807) is 17.9 Å². The molecule has 27 heavy (non-hydrogen) atoms. The Balaban J connectivity index is 1.50. The third-order valence-electron chi connectivity index (χ3n) is 3.91. The van der Waals surface area contributed by atoms with Crippen LogP contribution in [0.1, 0.15) is 17.1 Å². The van der Waals surface area contributed by atoms with Gasteiger partial charge in [0.2, 0.25) is 0 Å². The fourth-order valence-corrected chi connectivity index (χ4v) is 2.44. The Kier molecular flexibility index (Phi) is 6.35. The number of hydrogen-bond donors (Lipinski definition) is 2. The van der Waals surface area contributed by atoms with Crippen molar-refractivity contribution >= 4 is 5.96 Å². The van der Waals surface area contributed by atoms with E-state index in [0.717, 1.165) is 22.8 Å². The molecular formula is C19H23N7O. The second kappa shape index (κ2) is 9.33. The topological polar surface area (TPSA) is 89.2 Å². The second-order valence-corrected chi connectivity index (χ2v) is 5.84. The number of aliphatic imine (C=N–C) groups is 1. The molecule has 3 rings (SSSR count). The molecule has 1 aromatic carbocycles. The first-order valence-electron chi connectivity index (χ1n) is 8.63. The summed E-state index contributed by atoms with van der Waals surface area (Å²) >= 11 is 0. The Bertz CT molecular complexity index is 877. The van der Waals surface area contributed by atoms with Gasteiger partial charge in [0, 0.05) is 26.8 Å². The van der Waals surface area contributed by atoms with E-state index in [9.17, 15) is 0 Å². The summed E-state index contributed by atoms with van der Waals surface area (Å²) in [5.41, 5.74) is 1.99. The predicted molar refractivity (Wildman–Crippen MR) is 103 cm³/mol. The minimum absolute atomic E-state index is 0.443. The molecule has 2 N–H and O–H groups in total. The number of pyridine rings is 1. The van der Waals surface area contributed by atoms with E-state index in [4.69, 9.17) is 4.74 Å². The van der Waals surface area contributed by atoms with Crippen molar-refractivity contribution in [3.63, 3.8) is 0 Å². The minimum Gasteiger partial charge on any atom is -0.487 e. The molecule has 8 nitrogen and oxygen atoms in total. The number of hydrogen-bond acceptors (Lipinski definition) is 5. The van der Waals surface area contributed by atoms with Crippen LogP contribution in [-0.4, -0.2) is 32.8 Å². The maximum atomic E-state index is 5.82. The maximum absolute atomic E-state index is 5.82. The molecule has 0 atom stereocenters. The summed E-state index contributed by atoms with van der Waals surface area (Å²) in [7, 11) is 3.59. The van der Waals surface area contributed by atoms with E-state index < -0.39 is 0 Å². The Hall–Kier alpha value is -3.42. The lowest BCUT2D eigenvalue weighted by molar-refractivity contribution is 0.301. The van der Waals surface area contributed by atoms with Crippen LogP contribution in [0.4, 0.5) is 0 Å². The second-order valence-electron chi connectivity index (χ2n) is 5.84. The van der Waals surface area contributed by atoms with Gasteiger partial charge in [0.05, 0.1) is 12.2 Å². The Labute approximate surface area is 158 Å². The molecule has 0 radical (unpaired) electrons. The smallest absolute Gasteiger partial charge is 0.191 e. The van der Waals surface area contributed by atoms with Crippen molar-refractivity contribution in [1.82, 2.24) is 30.4 Å². The quantitative estimate of drug-likeness (QED) is 0.489. The molecule has 140 valence electrons. The zero-order valence-corrected chi connectivity index (χ0v) is 15.5. The first kappa shape index (κ1) is 18.4. The number of aryl methyl sites for hydroxylation is 1. The van der Waals surface area contributed by atoms with Crippen LogP contribution in [0.15, 0.2) is 60.0 Å². The Morgan fingerprint density at radius 2 is 2.00 bits per heavy atom. The summed E-state index contributed by atoms with van der Waals surface area (Å²) < 4.78 is 7.55. The maximum Gasteiger partial charge on any atom is 0.191 e. The van der Waals surface area contributed by atoms with Gasteiger partial charge in [-0.15, -0.1) is 0 Å². The number of ether oxygens (including phenoxy) is 1. The molecule has 0 bridgehead atoms. The van der Waals surface area contributed by atoms with Crippen LogP contribution in [0.25, 0.3) is 0 Å². The SMILES string of the molecule is CN=C(NCc1cccc(OCc2ccccn2)c1)NCc1ncnn1C. The molecule has 0 aliphatic carbocycles. The summed E-state index contributed by atoms with van der Waals surface area (Å²) in [6, 6.07) is 13.7. The van der Waals surface area contributed by atoms with Gasteiger partial charge in [0.15, 0.2) is 5.96 Å². The molecule has 3 aromatic rings. The van der Waals surface area contributed by atoms with Crippen molar-refractivity contribution in [1.29, 1.82) is 0 Å². The fraction of sp³-hybridized carbons (Fsp3) is 0.263. The van der Waals surface area contributed by atoms with E-state index in [0.29, 0.717) is 25.7 Å². The van der Waals surface area contributed by atoms with Gasteiger partial charge in [0.25, 0.3) is 0 Å². The lowest BCUT2D eigenvalue weighted by Gasteiger charge is -2.12. The Morgan fingerprint density at radius 3 is 2.74 bits per heavy atom. The zero-order chi connectivity index (χ0) is 18.9. The summed E-state index contributed by atoms with van der Waals surface area (Å²) in [6.07, 6.45) is 3.29. The van der Waals surface area contributed by atoms with Crippen molar-refractivity contribution in [3.8, 4) is 5.75 Å². The molecule has 0 unspecified atom stereocenters. The van der Waals surface area contributed by atoms with E-state index >= 15 is 0 Å². The predicted octanol–water partition coefficient (Wildman–Crippen LogP) is 1.65. The van der Waals surface area contributed by atoms with Crippen molar-refractivity contribution in [2.45, 2.75) is 19.7 Å². The monoisotopic (exact) mass is 365 g/mol. The lowest BCUT2D eigenvalue weighted by atomic mass is 10.2. The summed E-state index contributed by atoms with van der Waals surface area (Å²) in [6.45, 7) is 1.61. The van der Waals surface area contributed by atoms with Crippen molar-refractivity contribution in [2.24, 2.45) is 12.0 Å². The average Bonchev–Trinajstić information content (AvgIpc) is 3.12. The molecule has 8 heteroatoms. The molecule has 0 aliphatic rings. The summed E-state index contributed by atoms with van der Waals surface area (Å²) in [5, 5.41) is 10.6. The van der Waals surface area contributed by atoms with Gasteiger partial charge in [0.1, 0.15) is 24.5 Å². The molecule has 0 amide bonds. The van der Waals surface area contributed by atoms with Gasteiger partial charge >= 0.3 is 0 Å². The number of benzene rings is 1. The van der Waals surface area contributed by atoms with E-state index in [1.165, 1.54) is 6.33 Å². The average molecular weight is 365 g/mol. The van der Waals surface area contributed by atoms with Crippen molar-refractivity contribution in [2.75, 3.05) is 7.05 Å². The standard InChI is InChI=1S/C19H23N7O/c1-20-19(23-12-18-24-14-25-26(18)2)22-11-15-6-5-8-17(10-15)27-13-16-7-3-4-9-21-16/h3-10,14H,11-13H2,1-2H3,(H2,20,22,23). The summed E-state index contributed by atoms with van der Waals surface area (Å²) in [5.74, 6) is 2.34. The molecule has 0 saturated carbocycles. The van der Waals surface area contributed by atoms with Crippen LogP contribution < -0.4 is 15.4 Å². The zero-order valence-electron chi connectivity index (χ0n) is 15.5. The highest BCUT2D eigenvalue weighted by atomic mass is 16.5. The van der Waals surface area contributed by atoms with Crippen LogP contribution in [0.5, 0.6) is 5.75 Å². The number of rotatable bonds is 7. The van der Waals surface area contributed by atoms with Crippen molar-refractivity contribution < 1.29 is 4.74 Å². The summed E-state index contributed by atoms with van der Waals surface area (Å²) in [4.78, 5) is 12.7. The van der Waals surface area contributed by atoms with E-state index in [1.807, 2.05) is 49.5 Å². The third kappa shape index (κ3) is 5.53. The first-order chi connectivity index (χ1) is 13.2. The van der Waals surface area contributed by atoms with Gasteiger partial charge in [-0.25, -0.2) is 4.98 Å². The lowest BCUT2D eigenvalue weighted by Crippen LogP contribution is -2.36. The van der Waals surface area contributed by atoms with Gasteiger partial charge in [-0.2, -0.15) is 5.10 Å². The van der Waals surface area contributed by atoms with Gasteiger partial charge in [-0.1, -0.05) is 18.2 Å². The highest BCUT2D eigenvalue weighted by Gasteiger charge is 2.04. The van der Waals surface area contributed by atoms with Crippen LogP contribution in [0.3, 0.4) is 0 Å². The Morgan fingerprint density at radius 1 is 1.11 bits per heavy atom. The fourth-order valence-electron chi connectivity index (χ4n) is 2.44. The molecule has 2 heterocycles. The number of nitrogens with zero attached hydrogens (tertiary/aromatic N) is 5. The van der Waals surface area contributed by atoms with Crippen molar-refractivity contribution in [3.05, 3.63) is 72.1 Å². The van der Waals surface area contributed by atoms with E-state index in [-0.39, 0.29) is 0 Å². The third-order valence-corrected chi connectivity index (χ3v) is 3.91. The van der Waals surface area contributed by atoms with Crippen LogP contribution in [-0.2, 0) is 26.7 Å². The minimum atomic E-state index is 0.443. The number of guanidine groups is 1. The molecule has 0 saturated heterocycles. The molecule has 0 fully saturated rings. The first-order valence-corrected chi connectivity index (χ1v) is 8.63. The normalized spacial score (nSPS) is 11.3. The van der Waals surface area contributed by atoms with Gasteiger partial charge < -0.3 is 15.4 Å². The molecule has 0 spiro atoms. The highest BCUT2D eigenvalue weighted by Crippen LogP contribution is 2.14. The highest BCUT2D eigenvalue weighted by molar-refractivity contribution is 5.79. The molecule has 2 aromatic heterocycles. The molecular weight excluding hydrogens is 342 g/mol. The van der Waals surface area contributed by atoms with Crippen LogP contribution >= 0.6 is 0 Å². The van der Waals surface area contributed by atoms with Crippen LogP contribution in [0, 0.1) is 0 Å². The van der Waals surface area contributed by atoms with E-state index in [2.05, 4.69) is 30.7 Å². The largest absolute Gasteiger partial charge is 0.487 e. The molecule has 0 aliphatic heterocycles. The number of nitrogens with one attached hydrogen (secondary N) is 2. The number of aromatic nitrogens is 4. The van der Waals surface area contributed by atoms with Crippen LogP contribution in [0.2, 0.25) is 0 Å².